The van der Waals surface area contributed by atoms with Gasteiger partial charge in [0.15, 0.2) is 0 Å². The number of rotatable bonds is 0. The maximum absolute atomic E-state index is 5.38. The number of hydrogen-bond acceptors (Lipinski definition) is 1. The molecule has 1 aliphatic rings. The van der Waals surface area contributed by atoms with Gasteiger partial charge in [0.05, 0.1) is 15.9 Å². The SMILES string of the molecule is C#CN1c2ccccc2CC1[Si]. The maximum Gasteiger partial charge on any atom is 0.0582 e. The number of hydrogen-bond donors (Lipinski definition) is 0. The van der Waals surface area contributed by atoms with Crippen LogP contribution in [0.2, 0.25) is 0 Å². The molecule has 0 bridgehead atoms. The monoisotopic (exact) mass is 170 g/mol. The van der Waals surface area contributed by atoms with Crippen molar-refractivity contribution in [1.29, 1.82) is 0 Å². The van der Waals surface area contributed by atoms with Crippen LogP contribution in [0.4, 0.5) is 5.69 Å². The molecule has 2 rings (SSSR count). The molecule has 0 spiro atoms. The number of anilines is 1. The average Bonchev–Trinajstić information content (AvgIpc) is 2.40. The van der Waals surface area contributed by atoms with Gasteiger partial charge in [-0.2, -0.15) is 0 Å². The lowest BCUT2D eigenvalue weighted by Crippen LogP contribution is -2.26. The highest BCUT2D eigenvalue weighted by Gasteiger charge is 2.23. The van der Waals surface area contributed by atoms with Gasteiger partial charge in [-0.05, 0) is 18.1 Å². The van der Waals surface area contributed by atoms with E-state index in [0.717, 1.165) is 12.1 Å². The summed E-state index contributed by atoms with van der Waals surface area (Å²) in [6.07, 6.45) is 6.37. The third kappa shape index (κ3) is 0.944. The zero-order chi connectivity index (χ0) is 8.55. The van der Waals surface area contributed by atoms with E-state index in [4.69, 9.17) is 6.42 Å². The Morgan fingerprint density at radius 2 is 2.25 bits per heavy atom. The summed E-state index contributed by atoms with van der Waals surface area (Å²) in [4.78, 5) is 1.91. The highest BCUT2D eigenvalue weighted by molar-refractivity contribution is 6.15. The molecule has 2 heteroatoms. The Morgan fingerprint density at radius 3 is 3.00 bits per heavy atom. The summed E-state index contributed by atoms with van der Waals surface area (Å²) < 4.78 is 0. The van der Waals surface area contributed by atoms with Crippen LogP contribution in [0, 0.1) is 12.5 Å². The second-order valence-corrected chi connectivity index (χ2v) is 3.51. The number of nitrogens with zero attached hydrogens (tertiary/aromatic N) is 1. The molecule has 57 valence electrons. The molecule has 0 aliphatic carbocycles. The van der Waals surface area contributed by atoms with Crippen molar-refractivity contribution in [3.05, 3.63) is 29.8 Å². The highest BCUT2D eigenvalue weighted by Crippen LogP contribution is 2.29. The van der Waals surface area contributed by atoms with Crippen molar-refractivity contribution in [2.24, 2.45) is 0 Å². The van der Waals surface area contributed by atoms with Crippen LogP contribution in [0.3, 0.4) is 0 Å². The molecule has 0 amide bonds. The Bertz CT molecular complexity index is 340. The van der Waals surface area contributed by atoms with Crippen molar-refractivity contribution >= 4 is 15.9 Å². The minimum absolute atomic E-state index is 0.257. The molecule has 1 atom stereocenters. The molecule has 1 aliphatic heterocycles. The minimum Gasteiger partial charge on any atom is -0.302 e. The lowest BCUT2D eigenvalue weighted by Gasteiger charge is -2.15. The average molecular weight is 170 g/mol. The second-order valence-electron chi connectivity index (χ2n) is 2.85. The van der Waals surface area contributed by atoms with Crippen LogP contribution in [0.1, 0.15) is 5.56 Å². The van der Waals surface area contributed by atoms with Crippen molar-refractivity contribution in [3.8, 4) is 12.5 Å². The predicted molar refractivity (Wildman–Crippen MR) is 51.0 cm³/mol. The molecule has 0 fully saturated rings. The standard InChI is InChI=1S/C10H8NSi/c1-2-11-9-6-4-3-5-8(9)7-10(11)12/h1,3-6,10H,7H2. The first-order valence-corrected chi connectivity index (χ1v) is 4.45. The Labute approximate surface area is 75.8 Å². The van der Waals surface area contributed by atoms with Crippen molar-refractivity contribution < 1.29 is 0 Å². The van der Waals surface area contributed by atoms with E-state index in [9.17, 15) is 0 Å². The quantitative estimate of drug-likeness (QED) is 0.417. The Balaban J connectivity index is 2.49. The molecule has 1 aromatic rings. The van der Waals surface area contributed by atoms with Crippen molar-refractivity contribution in [2.75, 3.05) is 4.90 Å². The number of benzene rings is 1. The molecule has 1 aromatic carbocycles. The van der Waals surface area contributed by atoms with Gasteiger partial charge in [0.2, 0.25) is 0 Å². The Hall–Kier alpha value is -1.20. The van der Waals surface area contributed by atoms with Crippen LogP contribution in [0.5, 0.6) is 0 Å². The molecule has 0 saturated heterocycles. The molecular formula is C10H8NSi. The van der Waals surface area contributed by atoms with Gasteiger partial charge < -0.3 is 4.90 Å². The molecule has 1 unspecified atom stereocenters. The van der Waals surface area contributed by atoms with E-state index in [1.807, 2.05) is 17.0 Å². The summed E-state index contributed by atoms with van der Waals surface area (Å²) in [5.41, 5.74) is 2.72. The molecule has 3 radical (unpaired) electrons. The first-order chi connectivity index (χ1) is 5.83. The first kappa shape index (κ1) is 7.45. The zero-order valence-corrected chi connectivity index (χ0v) is 7.62. The molecular weight excluding hydrogens is 162 g/mol. The molecule has 0 N–H and O–H groups in total. The molecule has 1 nitrogen and oxygen atoms in total. The summed E-state index contributed by atoms with van der Waals surface area (Å²) >= 11 is 0. The van der Waals surface area contributed by atoms with Gasteiger partial charge in [-0.1, -0.05) is 24.6 Å². The Morgan fingerprint density at radius 1 is 1.50 bits per heavy atom. The number of para-hydroxylation sites is 1. The lowest BCUT2D eigenvalue weighted by molar-refractivity contribution is 0.926. The van der Waals surface area contributed by atoms with Gasteiger partial charge in [0.1, 0.15) is 0 Å². The summed E-state index contributed by atoms with van der Waals surface area (Å²) in [6, 6.07) is 10.9. The zero-order valence-electron chi connectivity index (χ0n) is 6.62. The van der Waals surface area contributed by atoms with E-state index >= 15 is 0 Å². The van der Waals surface area contributed by atoms with Gasteiger partial charge in [-0.25, -0.2) is 0 Å². The van der Waals surface area contributed by atoms with Gasteiger partial charge in [0.25, 0.3) is 0 Å². The summed E-state index contributed by atoms with van der Waals surface area (Å²) in [6.45, 7) is 0. The predicted octanol–water partition coefficient (Wildman–Crippen LogP) is 1.13. The van der Waals surface area contributed by atoms with Crippen LogP contribution >= 0.6 is 0 Å². The van der Waals surface area contributed by atoms with E-state index in [-0.39, 0.29) is 5.67 Å². The van der Waals surface area contributed by atoms with Crippen LogP contribution in [-0.2, 0) is 6.42 Å². The Kier molecular flexibility index (Phi) is 1.67. The fourth-order valence-electron chi connectivity index (χ4n) is 1.55. The third-order valence-corrected chi connectivity index (χ3v) is 2.58. The molecule has 0 aromatic heterocycles. The van der Waals surface area contributed by atoms with Crippen LogP contribution in [0.15, 0.2) is 24.3 Å². The van der Waals surface area contributed by atoms with Gasteiger partial charge >= 0.3 is 0 Å². The van der Waals surface area contributed by atoms with E-state index in [2.05, 4.69) is 28.4 Å². The smallest absolute Gasteiger partial charge is 0.0582 e. The molecule has 0 saturated carbocycles. The van der Waals surface area contributed by atoms with Crippen LogP contribution < -0.4 is 4.90 Å². The lowest BCUT2D eigenvalue weighted by atomic mass is 10.2. The van der Waals surface area contributed by atoms with Crippen molar-refractivity contribution in [3.63, 3.8) is 0 Å². The van der Waals surface area contributed by atoms with Crippen molar-refractivity contribution in [1.82, 2.24) is 0 Å². The number of fused-ring (bicyclic) bond motifs is 1. The first-order valence-electron chi connectivity index (χ1n) is 3.87. The van der Waals surface area contributed by atoms with Crippen molar-refractivity contribution in [2.45, 2.75) is 12.1 Å². The van der Waals surface area contributed by atoms with Gasteiger partial charge in [0, 0.05) is 11.7 Å². The normalized spacial score (nSPS) is 20.3. The van der Waals surface area contributed by atoms with E-state index in [1.54, 1.807) is 0 Å². The van der Waals surface area contributed by atoms with E-state index in [0.29, 0.717) is 0 Å². The second kappa shape index (κ2) is 2.69. The third-order valence-electron chi connectivity index (χ3n) is 2.12. The van der Waals surface area contributed by atoms with E-state index in [1.165, 1.54) is 5.56 Å². The highest BCUT2D eigenvalue weighted by atomic mass is 28.1. The topological polar surface area (TPSA) is 3.24 Å². The largest absolute Gasteiger partial charge is 0.302 e. The van der Waals surface area contributed by atoms with E-state index < -0.39 is 0 Å². The fourth-order valence-corrected chi connectivity index (χ4v) is 1.98. The van der Waals surface area contributed by atoms with Crippen LogP contribution in [-0.4, -0.2) is 15.9 Å². The minimum atomic E-state index is 0.257. The molecule has 1 heterocycles. The van der Waals surface area contributed by atoms with Gasteiger partial charge in [-0.3, -0.25) is 0 Å². The van der Waals surface area contributed by atoms with Crippen LogP contribution in [0.25, 0.3) is 0 Å². The fraction of sp³-hybridized carbons (Fsp3) is 0.200. The molecule has 12 heavy (non-hydrogen) atoms. The van der Waals surface area contributed by atoms with Gasteiger partial charge in [-0.15, -0.1) is 0 Å². The summed E-state index contributed by atoms with van der Waals surface area (Å²) in [5, 5.41) is 0. The maximum atomic E-state index is 5.38. The summed E-state index contributed by atoms with van der Waals surface area (Å²) in [7, 11) is 3.58. The number of terminal acetylenes is 1. The summed E-state index contributed by atoms with van der Waals surface area (Å²) in [5.74, 6) is 0.